The highest BCUT2D eigenvalue weighted by molar-refractivity contribution is 6.21. The van der Waals surface area contributed by atoms with Crippen molar-refractivity contribution >= 4 is 28.5 Å². The molecule has 2 N–H and O–H groups in total. The summed E-state index contributed by atoms with van der Waals surface area (Å²) in [5.41, 5.74) is 3.92. The molecule has 0 spiro atoms. The number of hydrogen-bond donors (Lipinski definition) is 2. The van der Waals surface area contributed by atoms with E-state index in [1.54, 1.807) is 6.20 Å². The van der Waals surface area contributed by atoms with Gasteiger partial charge in [-0.15, -0.1) is 11.6 Å². The number of benzene rings is 1. The van der Waals surface area contributed by atoms with E-state index in [1.807, 2.05) is 66.9 Å². The zero-order valence-corrected chi connectivity index (χ0v) is 14.2. The van der Waals surface area contributed by atoms with Crippen molar-refractivity contribution in [3.05, 3.63) is 78.6 Å². The smallest absolute Gasteiger partial charge is 0.137 e. The molecule has 1 atom stereocenters. The van der Waals surface area contributed by atoms with Crippen molar-refractivity contribution in [2.45, 2.75) is 5.38 Å². The molecule has 0 saturated carbocycles. The van der Waals surface area contributed by atoms with Crippen LogP contribution in [0.3, 0.4) is 0 Å². The molecular weight excluding hydrogens is 332 g/mol. The van der Waals surface area contributed by atoms with Gasteiger partial charge in [-0.25, -0.2) is 9.97 Å². The topological polar surface area (TPSA) is 53.6 Å². The van der Waals surface area contributed by atoms with Crippen molar-refractivity contribution in [2.75, 3.05) is 11.9 Å². The van der Waals surface area contributed by atoms with Crippen LogP contribution in [-0.4, -0.2) is 21.5 Å². The summed E-state index contributed by atoms with van der Waals surface area (Å²) in [5, 5.41) is 4.28. The second kappa shape index (κ2) is 6.95. The van der Waals surface area contributed by atoms with Gasteiger partial charge in [0.2, 0.25) is 0 Å². The number of hydrogen-bond acceptors (Lipinski definition) is 3. The quantitative estimate of drug-likeness (QED) is 0.498. The van der Waals surface area contributed by atoms with Gasteiger partial charge in [0.05, 0.1) is 11.1 Å². The van der Waals surface area contributed by atoms with E-state index in [0.717, 1.165) is 33.7 Å². The number of aromatic nitrogens is 3. The first-order chi connectivity index (χ1) is 12.3. The van der Waals surface area contributed by atoms with Crippen molar-refractivity contribution in [3.63, 3.8) is 0 Å². The molecule has 0 amide bonds. The number of aromatic amines is 1. The monoisotopic (exact) mass is 348 g/mol. The fourth-order valence-corrected chi connectivity index (χ4v) is 3.06. The van der Waals surface area contributed by atoms with E-state index in [1.165, 1.54) is 0 Å². The van der Waals surface area contributed by atoms with Crippen LogP contribution in [0.5, 0.6) is 0 Å². The van der Waals surface area contributed by atoms with E-state index < -0.39 is 0 Å². The maximum Gasteiger partial charge on any atom is 0.137 e. The van der Waals surface area contributed by atoms with Crippen molar-refractivity contribution < 1.29 is 0 Å². The Balaban J connectivity index is 1.55. The first-order valence-corrected chi connectivity index (χ1v) is 8.57. The third kappa shape index (κ3) is 3.35. The van der Waals surface area contributed by atoms with Crippen LogP contribution in [0.1, 0.15) is 10.9 Å². The molecule has 4 aromatic rings. The Bertz CT molecular complexity index is 981. The Kier molecular flexibility index (Phi) is 4.36. The molecule has 4 rings (SSSR count). The van der Waals surface area contributed by atoms with E-state index in [-0.39, 0.29) is 5.38 Å². The average Bonchev–Trinajstić information content (AvgIpc) is 3.16. The third-order valence-corrected chi connectivity index (χ3v) is 4.52. The fraction of sp³-hybridized carbons (Fsp3) is 0.100. The van der Waals surface area contributed by atoms with Gasteiger partial charge in [0, 0.05) is 29.9 Å². The maximum absolute atomic E-state index is 6.47. The highest BCUT2D eigenvalue weighted by atomic mass is 35.5. The maximum atomic E-state index is 6.47. The fourth-order valence-electron chi connectivity index (χ4n) is 2.84. The minimum absolute atomic E-state index is 0.107. The van der Waals surface area contributed by atoms with Crippen LogP contribution >= 0.6 is 11.6 Å². The van der Waals surface area contributed by atoms with Gasteiger partial charge < -0.3 is 10.3 Å². The summed E-state index contributed by atoms with van der Waals surface area (Å²) in [6.07, 6.45) is 3.68. The molecular formula is C20H17ClN4. The van der Waals surface area contributed by atoms with Gasteiger partial charge in [-0.3, -0.25) is 0 Å². The van der Waals surface area contributed by atoms with Gasteiger partial charge in [-0.05, 0) is 29.8 Å². The molecule has 1 aromatic carbocycles. The summed E-state index contributed by atoms with van der Waals surface area (Å²) in [4.78, 5) is 12.2. The molecule has 4 nitrogen and oxygen atoms in total. The molecule has 0 saturated heterocycles. The molecule has 0 aliphatic carbocycles. The van der Waals surface area contributed by atoms with Crippen molar-refractivity contribution in [1.29, 1.82) is 0 Å². The molecule has 0 fully saturated rings. The normalized spacial score (nSPS) is 12.2. The Morgan fingerprint density at radius 1 is 1.00 bits per heavy atom. The third-order valence-electron chi connectivity index (χ3n) is 4.11. The standard InChI is InChI=1S/C20H17ClN4/c21-17(14-5-2-1-3-6-14)13-24-19-8-4-7-18(25-19)15-9-11-22-20-16(15)10-12-23-20/h1-12,17H,13H2,(H,22,23)(H,24,25). The molecule has 25 heavy (non-hydrogen) atoms. The lowest BCUT2D eigenvalue weighted by Gasteiger charge is -2.12. The van der Waals surface area contributed by atoms with E-state index in [2.05, 4.69) is 15.3 Å². The molecule has 124 valence electrons. The molecule has 3 heterocycles. The molecule has 0 radical (unpaired) electrons. The predicted molar refractivity (Wildman–Crippen MR) is 103 cm³/mol. The van der Waals surface area contributed by atoms with Crippen LogP contribution in [-0.2, 0) is 0 Å². The largest absolute Gasteiger partial charge is 0.368 e. The van der Waals surface area contributed by atoms with Gasteiger partial charge in [0.1, 0.15) is 11.5 Å². The van der Waals surface area contributed by atoms with E-state index in [0.29, 0.717) is 6.54 Å². The number of anilines is 1. The number of halogens is 1. The minimum Gasteiger partial charge on any atom is -0.368 e. The van der Waals surface area contributed by atoms with Crippen LogP contribution in [0.25, 0.3) is 22.3 Å². The first kappa shape index (κ1) is 15.7. The lowest BCUT2D eigenvalue weighted by molar-refractivity contribution is 0.968. The van der Waals surface area contributed by atoms with E-state index in [4.69, 9.17) is 16.6 Å². The summed E-state index contributed by atoms with van der Waals surface area (Å²) in [6.45, 7) is 0.609. The van der Waals surface area contributed by atoms with Gasteiger partial charge in [-0.1, -0.05) is 36.4 Å². The lowest BCUT2D eigenvalue weighted by Crippen LogP contribution is -2.09. The number of pyridine rings is 2. The Morgan fingerprint density at radius 2 is 1.88 bits per heavy atom. The molecule has 3 aromatic heterocycles. The molecule has 1 unspecified atom stereocenters. The summed E-state index contributed by atoms with van der Waals surface area (Å²) in [5.74, 6) is 0.805. The summed E-state index contributed by atoms with van der Waals surface area (Å²) in [7, 11) is 0. The Morgan fingerprint density at radius 3 is 2.76 bits per heavy atom. The lowest BCUT2D eigenvalue weighted by atomic mass is 10.1. The van der Waals surface area contributed by atoms with Gasteiger partial charge in [0.25, 0.3) is 0 Å². The van der Waals surface area contributed by atoms with Gasteiger partial charge in [0.15, 0.2) is 0 Å². The summed E-state index contributed by atoms with van der Waals surface area (Å²) in [6, 6.07) is 20.0. The summed E-state index contributed by atoms with van der Waals surface area (Å²) >= 11 is 6.47. The van der Waals surface area contributed by atoms with Crippen molar-refractivity contribution in [3.8, 4) is 11.3 Å². The zero-order valence-electron chi connectivity index (χ0n) is 13.5. The predicted octanol–water partition coefficient (Wildman–Crippen LogP) is 5.02. The number of fused-ring (bicyclic) bond motifs is 1. The van der Waals surface area contributed by atoms with Crippen molar-refractivity contribution in [2.24, 2.45) is 0 Å². The second-order valence-corrected chi connectivity index (χ2v) is 6.29. The summed E-state index contributed by atoms with van der Waals surface area (Å²) < 4.78 is 0. The second-order valence-electron chi connectivity index (χ2n) is 5.77. The highest BCUT2D eigenvalue weighted by Crippen LogP contribution is 2.26. The molecule has 0 aliphatic heterocycles. The van der Waals surface area contributed by atoms with Crippen LogP contribution in [0.2, 0.25) is 0 Å². The van der Waals surface area contributed by atoms with Crippen LogP contribution in [0.15, 0.2) is 73.1 Å². The number of H-pyrrole nitrogens is 1. The van der Waals surface area contributed by atoms with Crippen molar-refractivity contribution in [1.82, 2.24) is 15.0 Å². The Hall–Kier alpha value is -2.85. The van der Waals surface area contributed by atoms with Crippen LogP contribution < -0.4 is 5.32 Å². The van der Waals surface area contributed by atoms with Gasteiger partial charge in [-0.2, -0.15) is 0 Å². The molecule has 0 bridgehead atoms. The Labute approximate surface area is 150 Å². The highest BCUT2D eigenvalue weighted by Gasteiger charge is 2.09. The van der Waals surface area contributed by atoms with Gasteiger partial charge >= 0.3 is 0 Å². The number of nitrogens with zero attached hydrogens (tertiary/aromatic N) is 2. The molecule has 0 aliphatic rings. The first-order valence-electron chi connectivity index (χ1n) is 8.14. The van der Waals surface area contributed by atoms with E-state index >= 15 is 0 Å². The average molecular weight is 349 g/mol. The van der Waals surface area contributed by atoms with Crippen LogP contribution in [0.4, 0.5) is 5.82 Å². The number of nitrogens with one attached hydrogen (secondary N) is 2. The molecule has 5 heteroatoms. The number of alkyl halides is 1. The van der Waals surface area contributed by atoms with Crippen LogP contribution in [0, 0.1) is 0 Å². The zero-order chi connectivity index (χ0) is 17.1. The SMILES string of the molecule is ClC(CNc1cccc(-c2ccnc3[nH]ccc23)n1)c1ccccc1. The van der Waals surface area contributed by atoms with E-state index in [9.17, 15) is 0 Å². The minimum atomic E-state index is -0.107. The number of rotatable bonds is 5.